The van der Waals surface area contributed by atoms with Crippen molar-refractivity contribution in [2.45, 2.75) is 73.1 Å². The summed E-state index contributed by atoms with van der Waals surface area (Å²) in [6.07, 6.45) is 1.62. The lowest BCUT2D eigenvalue weighted by Crippen LogP contribution is -2.29. The molecule has 0 radical (unpaired) electrons. The summed E-state index contributed by atoms with van der Waals surface area (Å²) in [5, 5.41) is 3.66. The molecule has 3 aromatic rings. The minimum absolute atomic E-state index is 0. The van der Waals surface area contributed by atoms with Gasteiger partial charge in [0, 0.05) is 6.92 Å². The maximum absolute atomic E-state index is 6.39. The summed E-state index contributed by atoms with van der Waals surface area (Å²) in [6, 6.07) is 24.9. The SMILES string of the molecule is CC(C)Cc1cccc(OC(C)Oc2ccccc2NC(C)(C)c2ccccc2)c1CC(C)C.Cl. The van der Waals surface area contributed by atoms with Gasteiger partial charge < -0.3 is 14.8 Å². The standard InChI is InChI=1S/C31H41NO2.ClH/c1-22(2)20-25-14-13-19-29(27(25)21-23(3)4)33-24(5)34-30-18-12-11-17-28(30)32-31(6,7)26-15-9-8-10-16-26;/h8-19,22-24,32H,20-21H2,1-7H3;1H. The molecule has 0 aliphatic heterocycles. The zero-order chi connectivity index (χ0) is 24.7. The van der Waals surface area contributed by atoms with Crippen LogP contribution in [0.4, 0.5) is 5.69 Å². The highest BCUT2D eigenvalue weighted by Crippen LogP contribution is 2.33. The van der Waals surface area contributed by atoms with Crippen molar-refractivity contribution < 1.29 is 9.47 Å². The van der Waals surface area contributed by atoms with Gasteiger partial charge >= 0.3 is 0 Å². The fourth-order valence-electron chi connectivity index (χ4n) is 4.31. The van der Waals surface area contributed by atoms with E-state index in [9.17, 15) is 0 Å². The van der Waals surface area contributed by atoms with Gasteiger partial charge in [0.1, 0.15) is 11.5 Å². The van der Waals surface area contributed by atoms with Crippen molar-refractivity contribution >= 4 is 18.1 Å². The van der Waals surface area contributed by atoms with Gasteiger partial charge in [-0.3, -0.25) is 0 Å². The van der Waals surface area contributed by atoms with Crippen molar-refractivity contribution in [3.63, 3.8) is 0 Å². The molecule has 0 amide bonds. The highest BCUT2D eigenvalue weighted by Gasteiger charge is 2.22. The van der Waals surface area contributed by atoms with Gasteiger partial charge in [0.25, 0.3) is 0 Å². The molecule has 0 aliphatic rings. The van der Waals surface area contributed by atoms with Crippen LogP contribution in [-0.2, 0) is 18.4 Å². The smallest absolute Gasteiger partial charge is 0.238 e. The Hall–Kier alpha value is -2.65. The summed E-state index contributed by atoms with van der Waals surface area (Å²) >= 11 is 0. The van der Waals surface area contributed by atoms with Crippen molar-refractivity contribution in [3.8, 4) is 11.5 Å². The van der Waals surface area contributed by atoms with Gasteiger partial charge in [-0.05, 0) is 73.4 Å². The van der Waals surface area contributed by atoms with Crippen LogP contribution in [0.15, 0.2) is 72.8 Å². The number of nitrogens with one attached hydrogen (secondary N) is 1. The lowest BCUT2D eigenvalue weighted by Gasteiger charge is -2.30. The van der Waals surface area contributed by atoms with Crippen LogP contribution in [0.25, 0.3) is 0 Å². The zero-order valence-corrected chi connectivity index (χ0v) is 23.1. The topological polar surface area (TPSA) is 30.5 Å². The lowest BCUT2D eigenvalue weighted by atomic mass is 9.92. The summed E-state index contributed by atoms with van der Waals surface area (Å²) < 4.78 is 12.7. The van der Waals surface area contributed by atoms with Crippen molar-refractivity contribution in [1.29, 1.82) is 0 Å². The Morgan fingerprint density at radius 2 is 1.26 bits per heavy atom. The first-order chi connectivity index (χ1) is 16.2. The first-order valence-corrected chi connectivity index (χ1v) is 12.5. The Bertz CT molecular complexity index is 1050. The lowest BCUT2D eigenvalue weighted by molar-refractivity contribution is 0.0218. The average molecular weight is 496 g/mol. The van der Waals surface area contributed by atoms with Crippen LogP contribution in [0, 0.1) is 11.8 Å². The van der Waals surface area contributed by atoms with Crippen molar-refractivity contribution in [2.75, 3.05) is 5.32 Å². The van der Waals surface area contributed by atoms with E-state index in [1.165, 1.54) is 16.7 Å². The predicted molar refractivity (Wildman–Crippen MR) is 151 cm³/mol. The summed E-state index contributed by atoms with van der Waals surface area (Å²) in [5.74, 6) is 2.86. The van der Waals surface area contributed by atoms with Gasteiger partial charge in [-0.2, -0.15) is 0 Å². The molecule has 0 aliphatic carbocycles. The van der Waals surface area contributed by atoms with Crippen LogP contribution in [-0.4, -0.2) is 6.29 Å². The normalized spacial score (nSPS) is 12.3. The molecule has 190 valence electrons. The summed E-state index contributed by atoms with van der Waals surface area (Å²) in [7, 11) is 0. The van der Waals surface area contributed by atoms with Gasteiger partial charge in [-0.25, -0.2) is 0 Å². The molecule has 0 saturated carbocycles. The number of anilines is 1. The van der Waals surface area contributed by atoms with Crippen LogP contribution >= 0.6 is 12.4 Å². The Kier molecular flexibility index (Phi) is 10.5. The summed E-state index contributed by atoms with van der Waals surface area (Å²) in [4.78, 5) is 0. The fraction of sp³-hybridized carbons (Fsp3) is 0.419. The van der Waals surface area contributed by atoms with Crippen molar-refractivity contribution in [2.24, 2.45) is 11.8 Å². The van der Waals surface area contributed by atoms with Crippen molar-refractivity contribution in [3.05, 3.63) is 89.5 Å². The summed E-state index contributed by atoms with van der Waals surface area (Å²) in [6.45, 7) is 15.4. The molecule has 0 aromatic heterocycles. The van der Waals surface area contributed by atoms with E-state index in [4.69, 9.17) is 9.47 Å². The van der Waals surface area contributed by atoms with Gasteiger partial charge in [-0.1, -0.05) is 82.3 Å². The molecular weight excluding hydrogens is 454 g/mol. The largest absolute Gasteiger partial charge is 0.455 e. The van der Waals surface area contributed by atoms with Crippen LogP contribution in [0.5, 0.6) is 11.5 Å². The second-order valence-electron chi connectivity index (χ2n) is 10.5. The average Bonchev–Trinajstić information content (AvgIpc) is 2.77. The molecule has 1 unspecified atom stereocenters. The highest BCUT2D eigenvalue weighted by atomic mass is 35.5. The van der Waals surface area contributed by atoms with E-state index in [1.807, 2.05) is 31.2 Å². The third kappa shape index (κ3) is 8.21. The first kappa shape index (κ1) is 28.6. The molecule has 0 saturated heterocycles. The molecule has 0 heterocycles. The number of benzene rings is 3. The molecule has 1 N–H and O–H groups in total. The maximum atomic E-state index is 6.39. The molecule has 1 atom stereocenters. The predicted octanol–water partition coefficient (Wildman–Crippen LogP) is 8.66. The van der Waals surface area contributed by atoms with Crippen LogP contribution in [0.3, 0.4) is 0 Å². The third-order valence-electron chi connectivity index (χ3n) is 5.89. The molecule has 0 fully saturated rings. The highest BCUT2D eigenvalue weighted by molar-refractivity contribution is 5.85. The van der Waals surface area contributed by atoms with Crippen molar-refractivity contribution in [1.82, 2.24) is 0 Å². The number of hydrogen-bond acceptors (Lipinski definition) is 3. The van der Waals surface area contributed by atoms with Crippen LogP contribution in [0.1, 0.15) is 65.2 Å². The van der Waals surface area contributed by atoms with Crippen LogP contribution < -0.4 is 14.8 Å². The van der Waals surface area contributed by atoms with E-state index < -0.39 is 6.29 Å². The van der Waals surface area contributed by atoms with E-state index >= 15 is 0 Å². The van der Waals surface area contributed by atoms with E-state index in [1.54, 1.807) is 0 Å². The minimum Gasteiger partial charge on any atom is -0.455 e. The Morgan fingerprint density at radius 3 is 1.91 bits per heavy atom. The Morgan fingerprint density at radius 1 is 0.686 bits per heavy atom. The molecule has 35 heavy (non-hydrogen) atoms. The van der Waals surface area contributed by atoms with E-state index in [0.29, 0.717) is 11.8 Å². The number of rotatable bonds is 11. The summed E-state index contributed by atoms with van der Waals surface area (Å²) in [5.41, 5.74) is 4.59. The second-order valence-corrected chi connectivity index (χ2v) is 10.5. The molecule has 3 rings (SSSR count). The monoisotopic (exact) mass is 495 g/mol. The van der Waals surface area contributed by atoms with Gasteiger partial charge in [0.2, 0.25) is 6.29 Å². The van der Waals surface area contributed by atoms with Crippen LogP contribution in [0.2, 0.25) is 0 Å². The van der Waals surface area contributed by atoms with E-state index in [-0.39, 0.29) is 17.9 Å². The minimum atomic E-state index is -0.428. The number of hydrogen-bond donors (Lipinski definition) is 1. The number of para-hydroxylation sites is 2. The Balaban J connectivity index is 0.00000432. The van der Waals surface area contributed by atoms with Gasteiger partial charge in [0.15, 0.2) is 0 Å². The third-order valence-corrected chi connectivity index (χ3v) is 5.89. The Labute approximate surface area is 218 Å². The number of ether oxygens (including phenoxy) is 2. The molecule has 0 bridgehead atoms. The first-order valence-electron chi connectivity index (χ1n) is 12.5. The molecular formula is C31H42ClNO2. The second kappa shape index (κ2) is 12.9. The molecule has 3 nitrogen and oxygen atoms in total. The molecule has 3 aromatic carbocycles. The molecule has 0 spiro atoms. The van der Waals surface area contributed by atoms with E-state index in [2.05, 4.69) is 95.4 Å². The van der Waals surface area contributed by atoms with Gasteiger partial charge in [-0.15, -0.1) is 12.4 Å². The molecule has 4 heteroatoms. The van der Waals surface area contributed by atoms with Gasteiger partial charge in [0.05, 0.1) is 11.2 Å². The fourth-order valence-corrected chi connectivity index (χ4v) is 4.31. The maximum Gasteiger partial charge on any atom is 0.238 e. The number of halogens is 1. The zero-order valence-electron chi connectivity index (χ0n) is 22.3. The quantitative estimate of drug-likeness (QED) is 0.270. The van der Waals surface area contributed by atoms with E-state index in [0.717, 1.165) is 30.0 Å².